The number of imidazole rings is 1. The predicted molar refractivity (Wildman–Crippen MR) is 67.3 cm³/mol. The van der Waals surface area contributed by atoms with Crippen molar-refractivity contribution < 1.29 is 13.2 Å². The third-order valence-electron chi connectivity index (χ3n) is 2.93. The van der Waals surface area contributed by atoms with E-state index in [1.165, 1.54) is 12.1 Å². The number of aromatic nitrogens is 4. The Morgan fingerprint density at radius 3 is 2.57 bits per heavy atom. The maximum atomic E-state index is 13.0. The number of rotatable bonds is 1. The van der Waals surface area contributed by atoms with Gasteiger partial charge in [0, 0.05) is 0 Å². The van der Waals surface area contributed by atoms with Gasteiger partial charge in [-0.3, -0.25) is 14.3 Å². The minimum Gasteiger partial charge on any atom is -0.311 e. The highest BCUT2D eigenvalue weighted by Gasteiger charge is 2.34. The first-order valence-corrected chi connectivity index (χ1v) is 5.74. The van der Waals surface area contributed by atoms with Crippen LogP contribution in [0.25, 0.3) is 16.9 Å². The van der Waals surface area contributed by atoms with Gasteiger partial charge in [-0.2, -0.15) is 13.2 Å². The van der Waals surface area contributed by atoms with E-state index in [0.717, 1.165) is 18.5 Å². The van der Waals surface area contributed by atoms with Gasteiger partial charge in [0.15, 0.2) is 11.2 Å². The van der Waals surface area contributed by atoms with Crippen molar-refractivity contribution in [1.29, 1.82) is 0 Å². The average molecular weight is 296 g/mol. The number of H-pyrrole nitrogens is 2. The molecule has 0 aliphatic heterocycles. The molecule has 0 amide bonds. The van der Waals surface area contributed by atoms with Crippen molar-refractivity contribution in [2.45, 2.75) is 6.18 Å². The fourth-order valence-electron chi connectivity index (χ4n) is 2.09. The maximum absolute atomic E-state index is 13.0. The Morgan fingerprint density at radius 1 is 1.14 bits per heavy atom. The Bertz CT molecular complexity index is 936. The molecule has 0 bridgehead atoms. The Hall–Kier alpha value is -2.84. The van der Waals surface area contributed by atoms with Crippen molar-refractivity contribution in [2.75, 3.05) is 0 Å². The van der Waals surface area contributed by atoms with E-state index in [-0.39, 0.29) is 11.2 Å². The van der Waals surface area contributed by atoms with Gasteiger partial charge >= 0.3 is 11.9 Å². The number of nitrogens with one attached hydrogen (secondary N) is 2. The van der Waals surface area contributed by atoms with E-state index in [2.05, 4.69) is 15.0 Å². The van der Waals surface area contributed by atoms with Crippen LogP contribution in [-0.4, -0.2) is 19.5 Å². The Kier molecular flexibility index (Phi) is 2.71. The molecule has 0 saturated carbocycles. The molecule has 0 aliphatic carbocycles. The van der Waals surface area contributed by atoms with E-state index < -0.39 is 28.7 Å². The van der Waals surface area contributed by atoms with Crippen LogP contribution < -0.4 is 11.2 Å². The zero-order chi connectivity index (χ0) is 15.2. The minimum absolute atomic E-state index is 0.0827. The molecule has 2 N–H and O–H groups in total. The monoisotopic (exact) mass is 296 g/mol. The molecule has 0 atom stereocenters. The summed E-state index contributed by atoms with van der Waals surface area (Å²) in [7, 11) is 0. The number of hydrogen-bond acceptors (Lipinski definition) is 3. The Labute approximate surface area is 113 Å². The van der Waals surface area contributed by atoms with Crippen molar-refractivity contribution in [3.8, 4) is 5.69 Å². The number of halogens is 3. The van der Waals surface area contributed by atoms with Gasteiger partial charge < -0.3 is 4.98 Å². The van der Waals surface area contributed by atoms with Crippen molar-refractivity contribution in [3.63, 3.8) is 0 Å². The summed E-state index contributed by atoms with van der Waals surface area (Å²) >= 11 is 0. The minimum atomic E-state index is -4.66. The summed E-state index contributed by atoms with van der Waals surface area (Å²) in [4.78, 5) is 31.9. The summed E-state index contributed by atoms with van der Waals surface area (Å²) in [5.41, 5.74) is -3.38. The van der Waals surface area contributed by atoms with Crippen LogP contribution in [-0.2, 0) is 6.18 Å². The summed E-state index contributed by atoms with van der Waals surface area (Å²) in [6, 6.07) is 4.50. The Morgan fingerprint density at radius 2 is 1.86 bits per heavy atom. The summed E-state index contributed by atoms with van der Waals surface area (Å²) in [6.07, 6.45) is -3.60. The first-order chi connectivity index (χ1) is 9.89. The summed E-state index contributed by atoms with van der Waals surface area (Å²) in [6.45, 7) is 0. The van der Waals surface area contributed by atoms with Crippen LogP contribution >= 0.6 is 0 Å². The molecule has 3 rings (SSSR count). The molecule has 0 aliphatic rings. The molecule has 0 spiro atoms. The van der Waals surface area contributed by atoms with Gasteiger partial charge in [-0.15, -0.1) is 0 Å². The highest BCUT2D eigenvalue weighted by atomic mass is 19.4. The highest BCUT2D eigenvalue weighted by molar-refractivity contribution is 5.72. The lowest BCUT2D eigenvalue weighted by molar-refractivity contribution is -0.137. The smallest absolute Gasteiger partial charge is 0.311 e. The fourth-order valence-corrected chi connectivity index (χ4v) is 2.09. The van der Waals surface area contributed by atoms with Gasteiger partial charge in [-0.25, -0.2) is 9.78 Å². The zero-order valence-electron chi connectivity index (χ0n) is 10.2. The van der Waals surface area contributed by atoms with Crippen LogP contribution in [0.4, 0.5) is 13.2 Å². The van der Waals surface area contributed by atoms with Gasteiger partial charge in [0.2, 0.25) is 0 Å². The number of aromatic amines is 2. The van der Waals surface area contributed by atoms with E-state index in [1.807, 2.05) is 0 Å². The van der Waals surface area contributed by atoms with Gasteiger partial charge in [0.1, 0.15) is 0 Å². The lowest BCUT2D eigenvalue weighted by Crippen LogP contribution is -2.22. The molecule has 9 heteroatoms. The molecule has 0 unspecified atom stereocenters. The molecule has 2 aromatic heterocycles. The number of benzene rings is 1. The molecule has 0 saturated heterocycles. The molecule has 0 radical (unpaired) electrons. The fraction of sp³-hybridized carbons (Fsp3) is 0.0833. The van der Waals surface area contributed by atoms with Gasteiger partial charge in [0.05, 0.1) is 17.6 Å². The first-order valence-electron chi connectivity index (χ1n) is 5.74. The highest BCUT2D eigenvalue weighted by Crippen LogP contribution is 2.33. The molecule has 0 fully saturated rings. The molecular formula is C12H7F3N4O2. The van der Waals surface area contributed by atoms with Crippen molar-refractivity contribution in [2.24, 2.45) is 0 Å². The Balaban J connectivity index is 2.46. The number of nitrogens with zero attached hydrogens (tertiary/aromatic N) is 2. The van der Waals surface area contributed by atoms with E-state index in [1.54, 1.807) is 0 Å². The third-order valence-corrected chi connectivity index (χ3v) is 2.93. The lowest BCUT2D eigenvalue weighted by Gasteiger charge is -2.12. The summed E-state index contributed by atoms with van der Waals surface area (Å²) in [5.74, 6) is 0. The van der Waals surface area contributed by atoms with Crippen molar-refractivity contribution in [3.05, 3.63) is 57.0 Å². The number of hydrogen-bond donors (Lipinski definition) is 2. The van der Waals surface area contributed by atoms with E-state index in [9.17, 15) is 22.8 Å². The van der Waals surface area contributed by atoms with Crippen LogP contribution in [0.15, 0.2) is 40.2 Å². The largest absolute Gasteiger partial charge is 0.418 e. The average Bonchev–Trinajstić information content (AvgIpc) is 2.75. The molecular weight excluding hydrogens is 289 g/mol. The molecule has 21 heavy (non-hydrogen) atoms. The molecule has 3 aromatic rings. The number of fused-ring (bicyclic) bond motifs is 1. The molecule has 2 heterocycles. The van der Waals surface area contributed by atoms with Crippen LogP contribution in [0.1, 0.15) is 5.56 Å². The van der Waals surface area contributed by atoms with Crippen LogP contribution in [0.5, 0.6) is 0 Å². The van der Waals surface area contributed by atoms with Gasteiger partial charge in [-0.1, -0.05) is 12.1 Å². The van der Waals surface area contributed by atoms with Crippen molar-refractivity contribution in [1.82, 2.24) is 19.5 Å². The van der Waals surface area contributed by atoms with Crippen LogP contribution in [0, 0.1) is 0 Å². The van der Waals surface area contributed by atoms with Gasteiger partial charge in [-0.05, 0) is 12.1 Å². The van der Waals surface area contributed by atoms with E-state index in [4.69, 9.17) is 0 Å². The second-order valence-electron chi connectivity index (χ2n) is 4.21. The molecule has 108 valence electrons. The summed E-state index contributed by atoms with van der Waals surface area (Å²) in [5, 5.41) is 0. The second kappa shape index (κ2) is 4.33. The third kappa shape index (κ3) is 2.02. The quantitative estimate of drug-likeness (QED) is 0.712. The van der Waals surface area contributed by atoms with Gasteiger partial charge in [0.25, 0.3) is 5.56 Å². The SMILES string of the molecule is O=c1[nH]cnc2[nH]c(=O)n(-c3ccccc3C(F)(F)F)c12. The number of para-hydroxylation sites is 1. The molecule has 1 aromatic carbocycles. The topological polar surface area (TPSA) is 83.5 Å². The standard InChI is InChI=1S/C12H7F3N4O2/c13-12(14,15)6-3-1-2-4-7(6)19-8-9(18-11(19)21)16-5-17-10(8)20/h1-5H,(H2,16,17,18,20,21). The predicted octanol–water partition coefficient (Wildman–Crippen LogP) is 1.42. The van der Waals surface area contributed by atoms with Crippen LogP contribution in [0.3, 0.4) is 0 Å². The van der Waals surface area contributed by atoms with Crippen molar-refractivity contribution >= 4 is 11.2 Å². The van der Waals surface area contributed by atoms with E-state index in [0.29, 0.717) is 4.57 Å². The maximum Gasteiger partial charge on any atom is 0.418 e. The second-order valence-corrected chi connectivity index (χ2v) is 4.21. The van der Waals surface area contributed by atoms with Crippen LogP contribution in [0.2, 0.25) is 0 Å². The lowest BCUT2D eigenvalue weighted by atomic mass is 10.1. The molecule has 6 nitrogen and oxygen atoms in total. The first kappa shape index (κ1) is 13.2. The number of alkyl halides is 3. The van der Waals surface area contributed by atoms with E-state index >= 15 is 0 Å². The normalized spacial score (nSPS) is 12.0. The zero-order valence-corrected chi connectivity index (χ0v) is 10.2. The summed E-state index contributed by atoms with van der Waals surface area (Å²) < 4.78 is 39.8.